The summed E-state index contributed by atoms with van der Waals surface area (Å²) in [4.78, 5) is 29.3. The molecule has 6 heteroatoms. The third kappa shape index (κ3) is 4.17. The van der Waals surface area contributed by atoms with Crippen LogP contribution in [0.3, 0.4) is 0 Å². The molecule has 0 N–H and O–H groups in total. The number of rotatable bonds is 4. The van der Waals surface area contributed by atoms with Gasteiger partial charge in [0.1, 0.15) is 11.3 Å². The SMILES string of the molecule is COc1ccc2c(C(=O)N3CCN(Cc4cccc(C)c4)CC3)cc(=O)oc2c1. The van der Waals surface area contributed by atoms with E-state index in [1.807, 2.05) is 4.90 Å². The van der Waals surface area contributed by atoms with Crippen molar-refractivity contribution in [3.05, 3.63) is 75.6 Å². The zero-order chi connectivity index (χ0) is 20.4. The Morgan fingerprint density at radius 3 is 2.59 bits per heavy atom. The third-order valence-electron chi connectivity index (χ3n) is 5.33. The molecule has 1 aromatic heterocycles. The second-order valence-electron chi connectivity index (χ2n) is 7.40. The van der Waals surface area contributed by atoms with Gasteiger partial charge in [0.15, 0.2) is 0 Å². The topological polar surface area (TPSA) is 63.0 Å². The zero-order valence-electron chi connectivity index (χ0n) is 16.7. The lowest BCUT2D eigenvalue weighted by atomic mass is 10.1. The number of hydrogen-bond donors (Lipinski definition) is 0. The molecule has 150 valence electrons. The number of ether oxygens (including phenoxy) is 1. The first-order valence-electron chi connectivity index (χ1n) is 9.72. The van der Waals surface area contributed by atoms with E-state index in [9.17, 15) is 9.59 Å². The zero-order valence-corrected chi connectivity index (χ0v) is 16.7. The number of fused-ring (bicyclic) bond motifs is 1. The lowest BCUT2D eigenvalue weighted by Gasteiger charge is -2.35. The smallest absolute Gasteiger partial charge is 0.337 e. The Morgan fingerprint density at radius 1 is 1.07 bits per heavy atom. The van der Waals surface area contributed by atoms with Crippen LogP contribution in [0.5, 0.6) is 5.75 Å². The van der Waals surface area contributed by atoms with Gasteiger partial charge in [0.25, 0.3) is 5.91 Å². The summed E-state index contributed by atoms with van der Waals surface area (Å²) in [5, 5.41) is 0.623. The molecule has 0 atom stereocenters. The van der Waals surface area contributed by atoms with Crippen molar-refractivity contribution in [3.63, 3.8) is 0 Å². The lowest BCUT2D eigenvalue weighted by Crippen LogP contribution is -2.48. The lowest BCUT2D eigenvalue weighted by molar-refractivity contribution is 0.0629. The van der Waals surface area contributed by atoms with Gasteiger partial charge in [-0.3, -0.25) is 9.69 Å². The van der Waals surface area contributed by atoms with Gasteiger partial charge in [0.05, 0.1) is 12.7 Å². The predicted molar refractivity (Wildman–Crippen MR) is 111 cm³/mol. The van der Waals surface area contributed by atoms with Gasteiger partial charge in [-0.05, 0) is 24.6 Å². The van der Waals surface area contributed by atoms with Crippen molar-refractivity contribution < 1.29 is 13.9 Å². The van der Waals surface area contributed by atoms with Crippen molar-refractivity contribution in [2.45, 2.75) is 13.5 Å². The predicted octanol–water partition coefficient (Wildman–Crippen LogP) is 3.07. The van der Waals surface area contributed by atoms with Crippen LogP contribution in [-0.4, -0.2) is 49.0 Å². The number of amides is 1. The maximum atomic E-state index is 13.1. The van der Waals surface area contributed by atoms with E-state index in [4.69, 9.17) is 9.15 Å². The van der Waals surface area contributed by atoms with Crippen molar-refractivity contribution in [1.82, 2.24) is 9.80 Å². The molecule has 1 saturated heterocycles. The molecule has 0 radical (unpaired) electrons. The van der Waals surface area contributed by atoms with Gasteiger partial charge in [-0.1, -0.05) is 29.8 Å². The Labute approximate surface area is 169 Å². The second-order valence-corrected chi connectivity index (χ2v) is 7.40. The van der Waals surface area contributed by atoms with E-state index in [2.05, 4.69) is 36.1 Å². The third-order valence-corrected chi connectivity index (χ3v) is 5.33. The summed E-state index contributed by atoms with van der Waals surface area (Å²) in [5.74, 6) is 0.443. The molecule has 0 bridgehead atoms. The maximum Gasteiger partial charge on any atom is 0.337 e. The molecule has 1 fully saturated rings. The summed E-state index contributed by atoms with van der Waals surface area (Å²) in [6.45, 7) is 5.82. The maximum absolute atomic E-state index is 13.1. The molecular formula is C23H24N2O4. The van der Waals surface area contributed by atoms with Crippen LogP contribution in [0.1, 0.15) is 21.5 Å². The first-order valence-corrected chi connectivity index (χ1v) is 9.72. The van der Waals surface area contributed by atoms with E-state index in [1.54, 1.807) is 25.3 Å². The fraction of sp³-hybridized carbons (Fsp3) is 0.304. The van der Waals surface area contributed by atoms with Crippen molar-refractivity contribution in [2.24, 2.45) is 0 Å². The fourth-order valence-corrected chi connectivity index (χ4v) is 3.80. The largest absolute Gasteiger partial charge is 0.497 e. The van der Waals surface area contributed by atoms with Crippen LogP contribution in [0.4, 0.5) is 0 Å². The average Bonchev–Trinajstić information content (AvgIpc) is 2.72. The number of piperazine rings is 1. The van der Waals surface area contributed by atoms with E-state index in [-0.39, 0.29) is 5.91 Å². The number of carbonyl (C=O) groups excluding carboxylic acids is 1. The highest BCUT2D eigenvalue weighted by molar-refractivity contribution is 6.05. The number of methoxy groups -OCH3 is 1. The summed E-state index contributed by atoms with van der Waals surface area (Å²) in [6.07, 6.45) is 0. The minimum absolute atomic E-state index is 0.136. The van der Waals surface area contributed by atoms with E-state index in [1.165, 1.54) is 17.2 Å². The molecular weight excluding hydrogens is 368 g/mol. The van der Waals surface area contributed by atoms with Crippen LogP contribution in [0, 0.1) is 6.92 Å². The van der Waals surface area contributed by atoms with Gasteiger partial charge in [-0.2, -0.15) is 0 Å². The highest BCUT2D eigenvalue weighted by atomic mass is 16.5. The summed E-state index contributed by atoms with van der Waals surface area (Å²) in [7, 11) is 1.55. The number of aryl methyl sites for hydroxylation is 1. The quantitative estimate of drug-likeness (QED) is 0.639. The summed E-state index contributed by atoms with van der Waals surface area (Å²) < 4.78 is 10.4. The Kier molecular flexibility index (Phi) is 5.36. The van der Waals surface area contributed by atoms with E-state index >= 15 is 0 Å². The minimum Gasteiger partial charge on any atom is -0.497 e. The standard InChI is InChI=1S/C23H24N2O4/c1-16-4-3-5-17(12-16)15-24-8-10-25(11-9-24)23(27)20-14-22(26)29-21-13-18(28-2)6-7-19(20)21/h3-7,12-14H,8-11,15H2,1-2H3. The molecule has 2 heterocycles. The Bertz CT molecular complexity index is 1100. The van der Waals surface area contributed by atoms with Crippen molar-refractivity contribution in [2.75, 3.05) is 33.3 Å². The first kappa shape index (κ1) is 19.2. The van der Waals surface area contributed by atoms with Crippen LogP contribution < -0.4 is 10.4 Å². The monoisotopic (exact) mass is 392 g/mol. The minimum atomic E-state index is -0.535. The molecule has 4 rings (SSSR count). The van der Waals surface area contributed by atoms with Crippen molar-refractivity contribution >= 4 is 16.9 Å². The van der Waals surface area contributed by atoms with E-state index in [0.717, 1.165) is 19.6 Å². The summed E-state index contributed by atoms with van der Waals surface area (Å²) in [5.41, 5.74) is 2.74. The number of carbonyl (C=O) groups is 1. The van der Waals surface area contributed by atoms with Crippen LogP contribution >= 0.6 is 0 Å². The fourth-order valence-electron chi connectivity index (χ4n) is 3.80. The van der Waals surface area contributed by atoms with Gasteiger partial charge >= 0.3 is 5.63 Å². The molecule has 1 aliphatic heterocycles. The van der Waals surface area contributed by atoms with Gasteiger partial charge in [0, 0.05) is 50.2 Å². The molecule has 1 aliphatic rings. The molecule has 0 spiro atoms. The highest BCUT2D eigenvalue weighted by Crippen LogP contribution is 2.24. The van der Waals surface area contributed by atoms with Crippen LogP contribution in [0.15, 0.2) is 57.7 Å². The Hall–Kier alpha value is -3.12. The Balaban J connectivity index is 1.49. The molecule has 2 aromatic carbocycles. The van der Waals surface area contributed by atoms with Crippen molar-refractivity contribution in [3.8, 4) is 5.75 Å². The van der Waals surface area contributed by atoms with E-state index < -0.39 is 5.63 Å². The first-order chi connectivity index (χ1) is 14.0. The van der Waals surface area contributed by atoms with Crippen LogP contribution in [0.2, 0.25) is 0 Å². The molecule has 3 aromatic rings. The molecule has 29 heavy (non-hydrogen) atoms. The van der Waals surface area contributed by atoms with Gasteiger partial charge in [-0.15, -0.1) is 0 Å². The second kappa shape index (κ2) is 8.09. The van der Waals surface area contributed by atoms with E-state index in [0.29, 0.717) is 35.4 Å². The number of hydrogen-bond acceptors (Lipinski definition) is 5. The molecule has 0 unspecified atom stereocenters. The molecule has 6 nitrogen and oxygen atoms in total. The molecule has 0 saturated carbocycles. The average molecular weight is 392 g/mol. The highest BCUT2D eigenvalue weighted by Gasteiger charge is 2.24. The summed E-state index contributed by atoms with van der Waals surface area (Å²) in [6, 6.07) is 14.9. The Morgan fingerprint density at radius 2 is 1.86 bits per heavy atom. The molecule has 0 aliphatic carbocycles. The number of nitrogens with zero attached hydrogens (tertiary/aromatic N) is 2. The van der Waals surface area contributed by atoms with Crippen molar-refractivity contribution in [1.29, 1.82) is 0 Å². The van der Waals surface area contributed by atoms with Gasteiger partial charge in [-0.25, -0.2) is 4.79 Å². The van der Waals surface area contributed by atoms with Crippen LogP contribution in [0.25, 0.3) is 11.0 Å². The van der Waals surface area contributed by atoms with Gasteiger partial charge in [0.2, 0.25) is 0 Å². The number of benzene rings is 2. The normalized spacial score (nSPS) is 14.9. The van der Waals surface area contributed by atoms with Crippen LogP contribution in [-0.2, 0) is 6.54 Å². The molecule has 1 amide bonds. The summed E-state index contributed by atoms with van der Waals surface area (Å²) >= 11 is 0. The van der Waals surface area contributed by atoms with Gasteiger partial charge < -0.3 is 14.1 Å².